The number of benzene rings is 1. The van der Waals surface area contributed by atoms with Crippen LogP contribution < -0.4 is 5.32 Å². The van der Waals surface area contributed by atoms with Crippen molar-refractivity contribution in [3.8, 4) is 0 Å². The smallest absolute Gasteiger partial charge is 0.407 e. The van der Waals surface area contributed by atoms with Crippen molar-refractivity contribution < 1.29 is 14.3 Å². The predicted molar refractivity (Wildman–Crippen MR) is 65.2 cm³/mol. The van der Waals surface area contributed by atoms with Crippen molar-refractivity contribution in [3.63, 3.8) is 0 Å². The average molecular weight is 256 g/mol. The van der Waals surface area contributed by atoms with Gasteiger partial charge in [0.05, 0.1) is 5.88 Å². The molecule has 17 heavy (non-hydrogen) atoms. The van der Waals surface area contributed by atoms with Crippen LogP contribution in [-0.2, 0) is 16.0 Å². The Hall–Kier alpha value is -1.55. The van der Waals surface area contributed by atoms with E-state index in [1.807, 2.05) is 30.3 Å². The van der Waals surface area contributed by atoms with Crippen molar-refractivity contribution >= 4 is 23.5 Å². The Morgan fingerprint density at radius 1 is 1.35 bits per heavy atom. The Morgan fingerprint density at radius 2 is 2.00 bits per heavy atom. The van der Waals surface area contributed by atoms with E-state index >= 15 is 0 Å². The first-order valence-electron chi connectivity index (χ1n) is 5.18. The van der Waals surface area contributed by atoms with Crippen molar-refractivity contribution in [2.24, 2.45) is 0 Å². The Bertz CT molecular complexity index is 381. The number of Topliss-reactive ketones (excluding diaryl/α,β-unsaturated/α-hetero) is 1. The van der Waals surface area contributed by atoms with Gasteiger partial charge in [0.1, 0.15) is 0 Å². The molecule has 1 atom stereocenters. The van der Waals surface area contributed by atoms with Gasteiger partial charge in [-0.15, -0.1) is 11.6 Å². The summed E-state index contributed by atoms with van der Waals surface area (Å²) in [5.74, 6) is -0.478. The molecule has 0 aliphatic heterocycles. The van der Waals surface area contributed by atoms with E-state index in [1.165, 1.54) is 7.05 Å². The fourth-order valence-corrected chi connectivity index (χ4v) is 1.50. The average Bonchev–Trinajstić information content (AvgIpc) is 2.38. The summed E-state index contributed by atoms with van der Waals surface area (Å²) in [4.78, 5) is 22.6. The zero-order valence-corrected chi connectivity index (χ0v) is 10.2. The summed E-state index contributed by atoms with van der Waals surface area (Å²) in [5.41, 5.74) is 0.917. The maximum atomic E-state index is 11.5. The van der Waals surface area contributed by atoms with Gasteiger partial charge in [-0.3, -0.25) is 4.79 Å². The quantitative estimate of drug-likeness (QED) is 0.816. The minimum Gasteiger partial charge on any atom is -0.438 e. The molecule has 0 saturated heterocycles. The molecule has 92 valence electrons. The molecule has 0 heterocycles. The standard InChI is InChI=1S/C12H14ClNO3/c1-14-12(16)17-11(10(15)8-13)7-9-5-3-2-4-6-9/h2-6,11H,7-8H2,1H3,(H,14,16). The van der Waals surface area contributed by atoms with Gasteiger partial charge in [-0.05, 0) is 5.56 Å². The Morgan fingerprint density at radius 3 is 2.53 bits per heavy atom. The second-order valence-corrected chi connectivity index (χ2v) is 3.70. The highest BCUT2D eigenvalue weighted by Crippen LogP contribution is 2.08. The Labute approximate surface area is 105 Å². The molecule has 4 nitrogen and oxygen atoms in total. The molecule has 0 spiro atoms. The Kier molecular flexibility index (Phi) is 5.49. The minimum atomic E-state index is -0.838. The summed E-state index contributed by atoms with van der Waals surface area (Å²) in [6.45, 7) is 0. The normalized spacial score (nSPS) is 11.6. The van der Waals surface area contributed by atoms with Crippen LogP contribution in [0.15, 0.2) is 30.3 Å². The number of ether oxygens (including phenoxy) is 1. The van der Waals surface area contributed by atoms with Crippen molar-refractivity contribution in [2.45, 2.75) is 12.5 Å². The minimum absolute atomic E-state index is 0.172. The van der Waals surface area contributed by atoms with Gasteiger partial charge in [-0.1, -0.05) is 30.3 Å². The summed E-state index contributed by atoms with van der Waals surface area (Å²) in [5, 5.41) is 2.30. The maximum absolute atomic E-state index is 11.5. The molecule has 1 aromatic rings. The van der Waals surface area contributed by atoms with Crippen LogP contribution in [0.1, 0.15) is 5.56 Å². The van der Waals surface area contributed by atoms with Gasteiger partial charge < -0.3 is 10.1 Å². The number of rotatable bonds is 5. The number of alkyl carbamates (subject to hydrolysis) is 1. The van der Waals surface area contributed by atoms with Crippen molar-refractivity contribution in [1.29, 1.82) is 0 Å². The summed E-state index contributed by atoms with van der Waals surface area (Å²) >= 11 is 5.48. The molecule has 0 radical (unpaired) electrons. The van der Waals surface area contributed by atoms with E-state index in [0.717, 1.165) is 5.56 Å². The van der Waals surface area contributed by atoms with Gasteiger partial charge in [0.2, 0.25) is 0 Å². The van der Waals surface area contributed by atoms with Gasteiger partial charge >= 0.3 is 6.09 Å². The van der Waals surface area contributed by atoms with Gasteiger partial charge in [-0.25, -0.2) is 4.79 Å². The number of nitrogens with one attached hydrogen (secondary N) is 1. The first-order valence-corrected chi connectivity index (χ1v) is 5.71. The second-order valence-electron chi connectivity index (χ2n) is 3.43. The molecule has 1 N–H and O–H groups in total. The first-order chi connectivity index (χ1) is 8.17. The topological polar surface area (TPSA) is 55.4 Å². The number of carbonyl (C=O) groups is 2. The van der Waals surface area contributed by atoms with E-state index in [4.69, 9.17) is 16.3 Å². The molecule has 0 aliphatic carbocycles. The first kappa shape index (κ1) is 13.5. The van der Waals surface area contributed by atoms with Crippen LogP contribution >= 0.6 is 11.6 Å². The van der Waals surface area contributed by atoms with E-state index in [0.29, 0.717) is 6.42 Å². The van der Waals surface area contributed by atoms with Gasteiger partial charge in [0, 0.05) is 13.5 Å². The van der Waals surface area contributed by atoms with Crippen LogP contribution in [0.3, 0.4) is 0 Å². The van der Waals surface area contributed by atoms with Crippen molar-refractivity contribution in [1.82, 2.24) is 5.32 Å². The lowest BCUT2D eigenvalue weighted by molar-refractivity contribution is -0.124. The molecule has 1 rings (SSSR count). The lowest BCUT2D eigenvalue weighted by Crippen LogP contribution is -2.34. The Balaban J connectivity index is 2.70. The SMILES string of the molecule is CNC(=O)OC(Cc1ccccc1)C(=O)CCl. The number of alkyl halides is 1. The summed E-state index contributed by atoms with van der Waals surface area (Å²) in [7, 11) is 1.44. The molecule has 1 unspecified atom stereocenters. The molecule has 0 bridgehead atoms. The molecule has 0 aliphatic rings. The lowest BCUT2D eigenvalue weighted by Gasteiger charge is -2.15. The molecule has 1 amide bonds. The fourth-order valence-electron chi connectivity index (χ4n) is 1.32. The van der Waals surface area contributed by atoms with Crippen molar-refractivity contribution in [3.05, 3.63) is 35.9 Å². The molecule has 0 fully saturated rings. The predicted octanol–water partition coefficient (Wildman–Crippen LogP) is 1.76. The number of carbonyl (C=O) groups excluding carboxylic acids is 2. The van der Waals surface area contributed by atoms with E-state index in [-0.39, 0.29) is 11.7 Å². The van der Waals surface area contributed by atoms with Gasteiger partial charge in [0.15, 0.2) is 11.9 Å². The third kappa shape index (κ3) is 4.44. The monoisotopic (exact) mass is 255 g/mol. The number of amides is 1. The molecule has 0 aromatic heterocycles. The zero-order valence-electron chi connectivity index (χ0n) is 9.48. The number of hydrogen-bond acceptors (Lipinski definition) is 3. The van der Waals surface area contributed by atoms with E-state index in [1.54, 1.807) is 0 Å². The summed E-state index contributed by atoms with van der Waals surface area (Å²) < 4.78 is 4.97. The van der Waals surface area contributed by atoms with Crippen LogP contribution in [0.5, 0.6) is 0 Å². The second kappa shape index (κ2) is 6.91. The van der Waals surface area contributed by atoms with Crippen LogP contribution in [0, 0.1) is 0 Å². The van der Waals surface area contributed by atoms with Crippen molar-refractivity contribution in [2.75, 3.05) is 12.9 Å². The highest BCUT2D eigenvalue weighted by Gasteiger charge is 2.21. The van der Waals surface area contributed by atoms with E-state index in [2.05, 4.69) is 5.32 Å². The van der Waals surface area contributed by atoms with Crippen LogP contribution in [-0.4, -0.2) is 30.9 Å². The molecule has 0 saturated carbocycles. The summed E-state index contributed by atoms with van der Waals surface area (Å²) in [6, 6.07) is 9.32. The largest absolute Gasteiger partial charge is 0.438 e. The maximum Gasteiger partial charge on any atom is 0.407 e. The third-order valence-electron chi connectivity index (χ3n) is 2.21. The lowest BCUT2D eigenvalue weighted by atomic mass is 10.1. The number of ketones is 1. The van der Waals surface area contributed by atoms with E-state index in [9.17, 15) is 9.59 Å². The van der Waals surface area contributed by atoms with Crippen LogP contribution in [0.25, 0.3) is 0 Å². The number of hydrogen-bond donors (Lipinski definition) is 1. The van der Waals surface area contributed by atoms with Gasteiger partial charge in [0.25, 0.3) is 0 Å². The van der Waals surface area contributed by atoms with E-state index < -0.39 is 12.2 Å². The molecule has 1 aromatic carbocycles. The molecule has 5 heteroatoms. The highest BCUT2D eigenvalue weighted by molar-refractivity contribution is 6.28. The summed E-state index contributed by atoms with van der Waals surface area (Å²) in [6.07, 6.45) is -1.14. The molecular formula is C12H14ClNO3. The third-order valence-corrected chi connectivity index (χ3v) is 2.47. The fraction of sp³-hybridized carbons (Fsp3) is 0.333. The van der Waals surface area contributed by atoms with Crippen LogP contribution in [0.4, 0.5) is 4.79 Å². The highest BCUT2D eigenvalue weighted by atomic mass is 35.5. The molecular weight excluding hydrogens is 242 g/mol. The van der Waals surface area contributed by atoms with Gasteiger partial charge in [-0.2, -0.15) is 0 Å². The number of halogens is 1. The zero-order chi connectivity index (χ0) is 12.7. The van der Waals surface area contributed by atoms with Crippen LogP contribution in [0.2, 0.25) is 0 Å².